The van der Waals surface area contributed by atoms with Gasteiger partial charge in [-0.1, -0.05) is 0 Å². The van der Waals surface area contributed by atoms with Crippen LogP contribution in [0.15, 0.2) is 11.6 Å². The molecule has 0 aliphatic rings. The van der Waals surface area contributed by atoms with Crippen LogP contribution in [0.3, 0.4) is 0 Å². The monoisotopic (exact) mass is 280 g/mol. The van der Waals surface area contributed by atoms with E-state index in [1.54, 1.807) is 12.3 Å². The van der Waals surface area contributed by atoms with Gasteiger partial charge in [-0.3, -0.25) is 0 Å². The molecule has 8 heteroatoms. The molecule has 2 rings (SSSR count). The fourth-order valence-electron chi connectivity index (χ4n) is 1.20. The summed E-state index contributed by atoms with van der Waals surface area (Å²) in [4.78, 5) is 7.42. The summed E-state index contributed by atoms with van der Waals surface area (Å²) in [6.45, 7) is 1.76. The number of halogens is 3. The smallest absolute Gasteiger partial charge is 0.381 e. The fraction of sp³-hybridized carbons (Fsp3) is 0.333. The predicted octanol–water partition coefficient (Wildman–Crippen LogP) is 3.01. The molecule has 3 nitrogen and oxygen atoms in total. The lowest BCUT2D eigenvalue weighted by Gasteiger charge is -2.03. The highest BCUT2D eigenvalue weighted by atomic mass is 32.1. The lowest BCUT2D eigenvalue weighted by molar-refractivity contribution is -0.137. The minimum Gasteiger partial charge on any atom is -0.381 e. The van der Waals surface area contributed by atoms with Crippen LogP contribution in [-0.2, 0) is 6.18 Å². The van der Waals surface area contributed by atoms with Gasteiger partial charge in [-0.25, -0.2) is 9.97 Å². The van der Waals surface area contributed by atoms with Crippen molar-refractivity contribution >= 4 is 22.7 Å². The maximum Gasteiger partial charge on any atom is 0.443 e. The molecule has 2 aromatic heterocycles. The molecule has 0 amide bonds. The van der Waals surface area contributed by atoms with Gasteiger partial charge in [-0.15, -0.1) is 22.7 Å². The first kappa shape index (κ1) is 12.5. The Hall–Kier alpha value is -0.990. The van der Waals surface area contributed by atoms with Crippen molar-refractivity contribution in [3.05, 3.63) is 32.2 Å². The Morgan fingerprint density at radius 1 is 1.41 bits per heavy atom. The lowest BCUT2D eigenvalue weighted by atomic mass is 10.2. The molecule has 1 atom stereocenters. The molecule has 0 aliphatic heterocycles. The Morgan fingerprint density at radius 2 is 2.12 bits per heavy atom. The molecule has 1 N–H and O–H groups in total. The van der Waals surface area contributed by atoms with Crippen LogP contribution in [0.4, 0.5) is 13.2 Å². The average Bonchev–Trinajstić information content (AvgIpc) is 2.83. The first-order valence-corrected chi connectivity index (χ1v) is 6.20. The van der Waals surface area contributed by atoms with Crippen molar-refractivity contribution in [2.45, 2.75) is 19.2 Å². The summed E-state index contributed by atoms with van der Waals surface area (Å²) in [6.07, 6.45) is -4.58. The van der Waals surface area contributed by atoms with Crippen molar-refractivity contribution in [3.63, 3.8) is 0 Å². The maximum absolute atomic E-state index is 12.3. The van der Waals surface area contributed by atoms with E-state index in [4.69, 9.17) is 0 Å². The van der Waals surface area contributed by atoms with Crippen LogP contribution in [0.25, 0.3) is 0 Å². The standard InChI is InChI=1S/C9H7F3N2OS2/c1-4-14-5(3-16-4)7(15)6-2-13-8(17-6)9(10,11)12/h2-3,7,15H,1H3. The van der Waals surface area contributed by atoms with Crippen molar-refractivity contribution < 1.29 is 18.3 Å². The van der Waals surface area contributed by atoms with Crippen LogP contribution in [0.5, 0.6) is 0 Å². The molecular weight excluding hydrogens is 273 g/mol. The molecule has 0 saturated carbocycles. The molecular formula is C9H7F3N2OS2. The van der Waals surface area contributed by atoms with Crippen LogP contribution in [0.1, 0.15) is 26.7 Å². The average molecular weight is 280 g/mol. The number of nitrogens with zero attached hydrogens (tertiary/aromatic N) is 2. The van der Waals surface area contributed by atoms with Crippen LogP contribution in [-0.4, -0.2) is 15.1 Å². The van der Waals surface area contributed by atoms with Crippen molar-refractivity contribution in [3.8, 4) is 0 Å². The summed E-state index contributed by atoms with van der Waals surface area (Å²) in [6, 6.07) is 0. The molecule has 0 radical (unpaired) electrons. The van der Waals surface area contributed by atoms with E-state index in [0.29, 0.717) is 17.0 Å². The van der Waals surface area contributed by atoms with Crippen molar-refractivity contribution in [1.82, 2.24) is 9.97 Å². The van der Waals surface area contributed by atoms with Crippen LogP contribution in [0.2, 0.25) is 0 Å². The van der Waals surface area contributed by atoms with Gasteiger partial charge >= 0.3 is 6.18 Å². The number of aliphatic hydroxyl groups excluding tert-OH is 1. The number of aromatic nitrogens is 2. The Labute approximate surface area is 103 Å². The molecule has 92 valence electrons. The number of rotatable bonds is 2. The number of hydrogen-bond acceptors (Lipinski definition) is 5. The molecule has 1 unspecified atom stereocenters. The van der Waals surface area contributed by atoms with E-state index in [9.17, 15) is 18.3 Å². The van der Waals surface area contributed by atoms with Gasteiger partial charge in [0.15, 0.2) is 5.01 Å². The second-order valence-electron chi connectivity index (χ2n) is 3.26. The minimum absolute atomic E-state index is 0.141. The number of thiazole rings is 2. The van der Waals surface area contributed by atoms with Gasteiger partial charge in [0, 0.05) is 11.6 Å². The summed E-state index contributed by atoms with van der Waals surface area (Å²) in [5.74, 6) is 0. The maximum atomic E-state index is 12.3. The molecule has 0 bridgehead atoms. The van der Waals surface area contributed by atoms with Crippen LogP contribution >= 0.6 is 22.7 Å². The van der Waals surface area contributed by atoms with Gasteiger partial charge in [0.1, 0.15) is 6.10 Å². The minimum atomic E-state index is -4.47. The van der Waals surface area contributed by atoms with E-state index in [-0.39, 0.29) is 4.88 Å². The van der Waals surface area contributed by atoms with Gasteiger partial charge < -0.3 is 5.11 Å². The van der Waals surface area contributed by atoms with E-state index in [2.05, 4.69) is 9.97 Å². The summed E-state index contributed by atoms with van der Waals surface area (Å²) in [7, 11) is 0. The van der Waals surface area contributed by atoms with Gasteiger partial charge in [0.25, 0.3) is 0 Å². The summed E-state index contributed by atoms with van der Waals surface area (Å²) >= 11 is 1.76. The second kappa shape index (κ2) is 4.35. The zero-order valence-electron chi connectivity index (χ0n) is 8.52. The van der Waals surface area contributed by atoms with Crippen LogP contribution in [0, 0.1) is 6.92 Å². The predicted molar refractivity (Wildman–Crippen MR) is 58.0 cm³/mol. The number of hydrogen-bond donors (Lipinski definition) is 1. The van der Waals surface area contributed by atoms with E-state index >= 15 is 0 Å². The van der Waals surface area contributed by atoms with Crippen molar-refractivity contribution in [2.75, 3.05) is 0 Å². The highest BCUT2D eigenvalue weighted by Crippen LogP contribution is 2.35. The molecule has 0 aliphatic carbocycles. The fourth-order valence-corrected chi connectivity index (χ4v) is 2.61. The topological polar surface area (TPSA) is 46.0 Å². The highest BCUT2D eigenvalue weighted by molar-refractivity contribution is 7.12. The van der Waals surface area contributed by atoms with Crippen molar-refractivity contribution in [1.29, 1.82) is 0 Å². The first-order valence-electron chi connectivity index (χ1n) is 4.51. The largest absolute Gasteiger partial charge is 0.443 e. The SMILES string of the molecule is Cc1nc(C(O)c2cnc(C(F)(F)F)s2)cs1. The third-order valence-corrected chi connectivity index (χ3v) is 3.84. The Balaban J connectivity index is 2.26. The Kier molecular flexibility index (Phi) is 3.19. The molecule has 2 heterocycles. The zero-order chi connectivity index (χ0) is 12.6. The second-order valence-corrected chi connectivity index (χ2v) is 5.38. The number of alkyl halides is 3. The molecule has 0 fully saturated rings. The highest BCUT2D eigenvalue weighted by Gasteiger charge is 2.35. The third-order valence-electron chi connectivity index (χ3n) is 1.95. The van der Waals surface area contributed by atoms with Gasteiger partial charge in [0.05, 0.1) is 15.6 Å². The van der Waals surface area contributed by atoms with E-state index in [0.717, 1.165) is 11.2 Å². The van der Waals surface area contributed by atoms with Gasteiger partial charge in [-0.2, -0.15) is 13.2 Å². The number of aliphatic hydroxyl groups is 1. The van der Waals surface area contributed by atoms with Gasteiger partial charge in [0.2, 0.25) is 0 Å². The summed E-state index contributed by atoms with van der Waals surface area (Å²) in [5, 5.41) is 11.2. The van der Waals surface area contributed by atoms with E-state index in [1.165, 1.54) is 11.3 Å². The third kappa shape index (κ3) is 2.64. The Bertz CT molecular complexity index is 520. The van der Waals surface area contributed by atoms with E-state index in [1.807, 2.05) is 0 Å². The molecule has 0 saturated heterocycles. The lowest BCUT2D eigenvalue weighted by Crippen LogP contribution is -2.03. The zero-order valence-corrected chi connectivity index (χ0v) is 10.2. The van der Waals surface area contributed by atoms with Crippen LogP contribution < -0.4 is 0 Å². The molecule has 17 heavy (non-hydrogen) atoms. The quantitative estimate of drug-likeness (QED) is 0.919. The first-order chi connectivity index (χ1) is 7.88. The molecule has 2 aromatic rings. The van der Waals surface area contributed by atoms with Gasteiger partial charge in [-0.05, 0) is 6.92 Å². The van der Waals surface area contributed by atoms with E-state index < -0.39 is 17.3 Å². The summed E-state index contributed by atoms with van der Waals surface area (Å²) < 4.78 is 37.0. The Morgan fingerprint density at radius 3 is 2.59 bits per heavy atom. The normalized spacial score (nSPS) is 13.9. The molecule has 0 spiro atoms. The van der Waals surface area contributed by atoms with Crippen molar-refractivity contribution in [2.24, 2.45) is 0 Å². The number of aryl methyl sites for hydroxylation is 1. The summed E-state index contributed by atoms with van der Waals surface area (Å²) in [5.41, 5.74) is 0.352. The molecule has 0 aromatic carbocycles.